The molecule has 106 valence electrons. The van der Waals surface area contributed by atoms with Crippen molar-refractivity contribution in [2.75, 3.05) is 14.2 Å². The third kappa shape index (κ3) is 2.10. The van der Waals surface area contributed by atoms with Gasteiger partial charge in [-0.1, -0.05) is 27.7 Å². The number of alkyl halides is 1. The molecule has 0 amide bonds. The van der Waals surface area contributed by atoms with Crippen molar-refractivity contribution in [1.29, 1.82) is 0 Å². The number of methoxy groups -OCH3 is 2. The minimum Gasteiger partial charge on any atom is -0.497 e. The van der Waals surface area contributed by atoms with Crippen molar-refractivity contribution in [2.24, 2.45) is 16.7 Å². The lowest BCUT2D eigenvalue weighted by molar-refractivity contribution is 0.395. The summed E-state index contributed by atoms with van der Waals surface area (Å²) in [5.41, 5.74) is 1.51. The Labute approximate surface area is 121 Å². The maximum atomic E-state index is 6.75. The van der Waals surface area contributed by atoms with Gasteiger partial charge in [-0.05, 0) is 34.9 Å². The summed E-state index contributed by atoms with van der Waals surface area (Å²) in [5.74, 6) is 2.08. The van der Waals surface area contributed by atoms with Crippen LogP contribution in [0, 0.1) is 16.7 Å². The Bertz CT molecular complexity index is 466. The molecule has 1 aromatic carbocycles. The molecule has 0 saturated heterocycles. The average Bonchev–Trinajstić information content (AvgIpc) is 2.78. The van der Waals surface area contributed by atoms with E-state index in [0.29, 0.717) is 5.92 Å². The zero-order chi connectivity index (χ0) is 14.4. The molecule has 0 spiro atoms. The summed E-state index contributed by atoms with van der Waals surface area (Å²) in [6, 6.07) is 5.81. The van der Waals surface area contributed by atoms with Gasteiger partial charge in [0.2, 0.25) is 0 Å². The van der Waals surface area contributed by atoms with Crippen LogP contribution in [0.1, 0.15) is 38.6 Å². The predicted octanol–water partition coefficient (Wildman–Crippen LogP) is 4.67. The van der Waals surface area contributed by atoms with Crippen molar-refractivity contribution in [1.82, 2.24) is 0 Å². The molecule has 0 N–H and O–H groups in total. The van der Waals surface area contributed by atoms with Gasteiger partial charge in [0, 0.05) is 5.56 Å². The van der Waals surface area contributed by atoms with Crippen molar-refractivity contribution in [2.45, 2.75) is 33.1 Å². The normalized spacial score (nSPS) is 21.8. The van der Waals surface area contributed by atoms with E-state index in [4.69, 9.17) is 21.1 Å². The minimum absolute atomic E-state index is 0.0601. The summed E-state index contributed by atoms with van der Waals surface area (Å²) in [7, 11) is 3.35. The van der Waals surface area contributed by atoms with Gasteiger partial charge in [0.25, 0.3) is 0 Å². The molecule has 1 unspecified atom stereocenters. The monoisotopic (exact) mass is 282 g/mol. The topological polar surface area (TPSA) is 18.5 Å². The zero-order valence-electron chi connectivity index (χ0n) is 12.6. The second kappa shape index (κ2) is 4.59. The van der Waals surface area contributed by atoms with Gasteiger partial charge < -0.3 is 9.47 Å². The maximum absolute atomic E-state index is 6.75. The van der Waals surface area contributed by atoms with Crippen LogP contribution in [0.15, 0.2) is 18.2 Å². The molecule has 0 aliphatic heterocycles. The van der Waals surface area contributed by atoms with Crippen LogP contribution in [0.2, 0.25) is 0 Å². The maximum Gasteiger partial charge on any atom is 0.123 e. The highest BCUT2D eigenvalue weighted by Gasteiger charge is 2.67. The van der Waals surface area contributed by atoms with Gasteiger partial charge in [0.05, 0.1) is 19.6 Å². The summed E-state index contributed by atoms with van der Waals surface area (Å²) in [6.45, 7) is 9.11. The Morgan fingerprint density at radius 2 is 1.63 bits per heavy atom. The molecule has 19 heavy (non-hydrogen) atoms. The lowest BCUT2D eigenvalue weighted by Crippen LogP contribution is -2.03. The van der Waals surface area contributed by atoms with Crippen molar-refractivity contribution in [3.05, 3.63) is 23.8 Å². The van der Waals surface area contributed by atoms with Gasteiger partial charge >= 0.3 is 0 Å². The van der Waals surface area contributed by atoms with E-state index in [9.17, 15) is 0 Å². The van der Waals surface area contributed by atoms with E-state index in [-0.39, 0.29) is 16.2 Å². The molecule has 3 heteroatoms. The first-order valence-electron chi connectivity index (χ1n) is 6.63. The average molecular weight is 283 g/mol. The van der Waals surface area contributed by atoms with Gasteiger partial charge in [-0.2, -0.15) is 0 Å². The molecule has 1 aliphatic carbocycles. The Morgan fingerprint density at radius 3 is 2.05 bits per heavy atom. The van der Waals surface area contributed by atoms with E-state index in [2.05, 4.69) is 27.7 Å². The first-order chi connectivity index (χ1) is 8.77. The Balaban J connectivity index is 2.37. The minimum atomic E-state index is -0.0601. The lowest BCUT2D eigenvalue weighted by Gasteiger charge is -2.17. The third-order valence-electron chi connectivity index (χ3n) is 5.16. The van der Waals surface area contributed by atoms with E-state index < -0.39 is 0 Å². The molecule has 2 rings (SSSR count). The summed E-state index contributed by atoms with van der Waals surface area (Å²) >= 11 is 6.75. The summed E-state index contributed by atoms with van der Waals surface area (Å²) in [4.78, 5) is 0. The van der Waals surface area contributed by atoms with Crippen LogP contribution in [0.25, 0.3) is 0 Å². The van der Waals surface area contributed by atoms with Crippen LogP contribution in [0.5, 0.6) is 11.5 Å². The molecule has 0 bridgehead atoms. The number of halogens is 1. The smallest absolute Gasteiger partial charge is 0.123 e. The Kier molecular flexibility index (Phi) is 3.51. The first kappa shape index (κ1) is 14.5. The SMILES string of the molecule is COc1ccc(OC)c(C(Cl)C2C(C)(C)C2(C)C)c1. The molecular formula is C16H23ClO2. The van der Waals surface area contributed by atoms with Crippen molar-refractivity contribution in [3.63, 3.8) is 0 Å². The van der Waals surface area contributed by atoms with Gasteiger partial charge in [-0.15, -0.1) is 11.6 Å². The Hall–Kier alpha value is -0.890. The van der Waals surface area contributed by atoms with Gasteiger partial charge in [-0.25, -0.2) is 0 Å². The van der Waals surface area contributed by atoms with Crippen molar-refractivity contribution >= 4 is 11.6 Å². The molecular weight excluding hydrogens is 260 g/mol. The summed E-state index contributed by atoms with van der Waals surface area (Å²) < 4.78 is 10.7. The number of hydrogen-bond acceptors (Lipinski definition) is 2. The predicted molar refractivity (Wildman–Crippen MR) is 79.2 cm³/mol. The zero-order valence-corrected chi connectivity index (χ0v) is 13.3. The number of ether oxygens (including phenoxy) is 2. The van der Waals surface area contributed by atoms with Crippen molar-refractivity contribution < 1.29 is 9.47 Å². The highest BCUT2D eigenvalue weighted by molar-refractivity contribution is 6.21. The van der Waals surface area contributed by atoms with E-state index >= 15 is 0 Å². The largest absolute Gasteiger partial charge is 0.497 e. The second-order valence-corrected chi connectivity index (χ2v) is 6.90. The summed E-state index contributed by atoms with van der Waals surface area (Å²) in [6.07, 6.45) is 0. The van der Waals surface area contributed by atoms with Gasteiger partial charge in [-0.3, -0.25) is 0 Å². The molecule has 0 aromatic heterocycles. The lowest BCUT2D eigenvalue weighted by atomic mass is 10.0. The standard InChI is InChI=1S/C16H23ClO2/c1-15(2)14(16(15,3)4)13(17)11-9-10(18-5)7-8-12(11)19-6/h7-9,13-14H,1-6H3. The molecule has 1 atom stereocenters. The number of benzene rings is 1. The highest BCUT2D eigenvalue weighted by atomic mass is 35.5. The fourth-order valence-corrected chi connectivity index (χ4v) is 4.01. The number of rotatable bonds is 4. The molecule has 2 nitrogen and oxygen atoms in total. The van der Waals surface area contributed by atoms with Crippen LogP contribution >= 0.6 is 11.6 Å². The molecule has 1 aliphatic rings. The van der Waals surface area contributed by atoms with Crippen LogP contribution < -0.4 is 9.47 Å². The summed E-state index contributed by atoms with van der Waals surface area (Å²) in [5, 5.41) is -0.0601. The van der Waals surface area contributed by atoms with E-state index in [1.165, 1.54) is 0 Å². The van der Waals surface area contributed by atoms with E-state index in [1.807, 2.05) is 18.2 Å². The third-order valence-corrected chi connectivity index (χ3v) is 5.65. The van der Waals surface area contributed by atoms with E-state index in [1.54, 1.807) is 14.2 Å². The van der Waals surface area contributed by atoms with Crippen LogP contribution in [-0.4, -0.2) is 14.2 Å². The fourth-order valence-electron chi connectivity index (χ4n) is 3.21. The van der Waals surface area contributed by atoms with Crippen LogP contribution in [0.4, 0.5) is 0 Å². The van der Waals surface area contributed by atoms with Gasteiger partial charge in [0.15, 0.2) is 0 Å². The van der Waals surface area contributed by atoms with Crippen LogP contribution in [-0.2, 0) is 0 Å². The molecule has 1 aromatic rings. The quantitative estimate of drug-likeness (QED) is 0.748. The number of hydrogen-bond donors (Lipinski definition) is 0. The van der Waals surface area contributed by atoms with Gasteiger partial charge in [0.1, 0.15) is 11.5 Å². The second-order valence-electron chi connectivity index (χ2n) is 6.43. The first-order valence-corrected chi connectivity index (χ1v) is 7.07. The van der Waals surface area contributed by atoms with Crippen molar-refractivity contribution in [3.8, 4) is 11.5 Å². The highest BCUT2D eigenvalue weighted by Crippen LogP contribution is 2.74. The molecule has 0 radical (unpaired) electrons. The Morgan fingerprint density at radius 1 is 1.05 bits per heavy atom. The molecule has 0 heterocycles. The molecule has 1 fully saturated rings. The fraction of sp³-hybridized carbons (Fsp3) is 0.625. The van der Waals surface area contributed by atoms with E-state index in [0.717, 1.165) is 17.1 Å². The van der Waals surface area contributed by atoms with Crippen LogP contribution in [0.3, 0.4) is 0 Å². The molecule has 1 saturated carbocycles.